The van der Waals surface area contributed by atoms with Gasteiger partial charge in [-0.05, 0) is 19.1 Å². The van der Waals surface area contributed by atoms with Crippen molar-refractivity contribution in [3.05, 3.63) is 71.9 Å². The topological polar surface area (TPSA) is 97.2 Å². The Kier molecular flexibility index (Phi) is 4.63. The minimum Gasteiger partial charge on any atom is -0.451 e. The van der Waals surface area contributed by atoms with Gasteiger partial charge in [0.15, 0.2) is 6.61 Å². The predicted octanol–water partition coefficient (Wildman–Crippen LogP) is 3.93. The van der Waals surface area contributed by atoms with Crippen LogP contribution in [0.1, 0.15) is 16.1 Å². The molecule has 0 aliphatic rings. The van der Waals surface area contributed by atoms with Gasteiger partial charge in [0, 0.05) is 22.5 Å². The van der Waals surface area contributed by atoms with E-state index >= 15 is 0 Å². The molecule has 2 aromatic carbocycles. The highest BCUT2D eigenvalue weighted by atomic mass is 16.5. The van der Waals surface area contributed by atoms with Crippen molar-refractivity contribution in [2.75, 3.05) is 11.9 Å². The normalized spacial score (nSPS) is 10.8. The molecular formula is C21H17N3O4. The first-order valence-corrected chi connectivity index (χ1v) is 8.67. The van der Waals surface area contributed by atoms with Crippen molar-refractivity contribution < 1.29 is 18.8 Å². The van der Waals surface area contributed by atoms with Crippen LogP contribution in [-0.2, 0) is 9.53 Å². The summed E-state index contributed by atoms with van der Waals surface area (Å²) in [5.41, 5.74) is 3.72. The molecule has 28 heavy (non-hydrogen) atoms. The molecule has 2 heterocycles. The van der Waals surface area contributed by atoms with E-state index in [0.29, 0.717) is 5.69 Å². The zero-order valence-electron chi connectivity index (χ0n) is 15.1. The van der Waals surface area contributed by atoms with Crippen LogP contribution in [0.15, 0.2) is 65.2 Å². The number of carbonyl (C=O) groups excluding carboxylic acids is 2. The monoisotopic (exact) mass is 375 g/mol. The predicted molar refractivity (Wildman–Crippen MR) is 104 cm³/mol. The number of aromatic nitrogens is 2. The van der Waals surface area contributed by atoms with Gasteiger partial charge in [-0.3, -0.25) is 10.1 Å². The van der Waals surface area contributed by atoms with Crippen LogP contribution in [0, 0.1) is 6.92 Å². The van der Waals surface area contributed by atoms with Crippen LogP contribution in [0.3, 0.4) is 0 Å². The molecule has 4 aromatic rings. The molecule has 0 aliphatic carbocycles. The van der Waals surface area contributed by atoms with Crippen molar-refractivity contribution in [1.82, 2.24) is 10.1 Å². The van der Waals surface area contributed by atoms with Gasteiger partial charge >= 0.3 is 5.97 Å². The first-order valence-electron chi connectivity index (χ1n) is 8.67. The molecule has 0 bridgehead atoms. The fourth-order valence-corrected chi connectivity index (χ4v) is 2.76. The van der Waals surface area contributed by atoms with Gasteiger partial charge in [-0.2, -0.15) is 0 Å². The summed E-state index contributed by atoms with van der Waals surface area (Å²) in [7, 11) is 0. The summed E-state index contributed by atoms with van der Waals surface area (Å²) in [4.78, 5) is 27.1. The highest BCUT2D eigenvalue weighted by Gasteiger charge is 2.14. The largest absolute Gasteiger partial charge is 0.451 e. The number of nitrogens with zero attached hydrogens (tertiary/aromatic N) is 1. The molecule has 7 nitrogen and oxygen atoms in total. The van der Waals surface area contributed by atoms with Crippen molar-refractivity contribution >= 4 is 28.7 Å². The Morgan fingerprint density at radius 2 is 1.89 bits per heavy atom. The highest BCUT2D eigenvalue weighted by Crippen LogP contribution is 2.22. The van der Waals surface area contributed by atoms with Crippen LogP contribution in [0.2, 0.25) is 0 Å². The van der Waals surface area contributed by atoms with E-state index in [1.54, 1.807) is 12.1 Å². The SMILES string of the molecule is Cc1ccc(-c2cc(NC(=O)COC(=O)c3cc4ccccc4[nH]3)on2)cc1. The zero-order valence-corrected chi connectivity index (χ0v) is 15.1. The third-order valence-electron chi connectivity index (χ3n) is 4.20. The Morgan fingerprint density at radius 1 is 1.11 bits per heavy atom. The number of hydrogen-bond acceptors (Lipinski definition) is 5. The third-order valence-corrected chi connectivity index (χ3v) is 4.20. The lowest BCUT2D eigenvalue weighted by atomic mass is 10.1. The molecule has 2 aromatic heterocycles. The van der Waals surface area contributed by atoms with E-state index in [2.05, 4.69) is 15.5 Å². The maximum absolute atomic E-state index is 12.1. The molecule has 0 saturated heterocycles. The molecular weight excluding hydrogens is 358 g/mol. The minimum atomic E-state index is -0.607. The van der Waals surface area contributed by atoms with Gasteiger partial charge in [-0.1, -0.05) is 53.2 Å². The number of para-hydroxylation sites is 1. The molecule has 2 N–H and O–H groups in total. The number of amides is 1. The van der Waals surface area contributed by atoms with Gasteiger partial charge in [-0.25, -0.2) is 4.79 Å². The number of ether oxygens (including phenoxy) is 1. The van der Waals surface area contributed by atoms with Crippen LogP contribution in [0.4, 0.5) is 5.88 Å². The summed E-state index contributed by atoms with van der Waals surface area (Å²) in [5.74, 6) is -0.942. The average Bonchev–Trinajstić information content (AvgIpc) is 3.33. The number of H-pyrrole nitrogens is 1. The van der Waals surface area contributed by atoms with Crippen molar-refractivity contribution in [1.29, 1.82) is 0 Å². The summed E-state index contributed by atoms with van der Waals surface area (Å²) in [5, 5.41) is 7.35. The second-order valence-corrected chi connectivity index (χ2v) is 6.34. The maximum Gasteiger partial charge on any atom is 0.355 e. The standard InChI is InChI=1S/C21H17N3O4/c1-13-6-8-14(9-7-13)17-11-20(28-24-17)23-19(25)12-27-21(26)18-10-15-4-2-3-5-16(15)22-18/h2-11,22H,12H2,1H3,(H,23,25). The quantitative estimate of drug-likeness (QED) is 0.515. The number of anilines is 1. The van der Waals surface area contributed by atoms with Crippen molar-refractivity contribution in [3.8, 4) is 11.3 Å². The van der Waals surface area contributed by atoms with Gasteiger partial charge in [0.1, 0.15) is 11.4 Å². The van der Waals surface area contributed by atoms with Crippen molar-refractivity contribution in [2.45, 2.75) is 6.92 Å². The van der Waals surface area contributed by atoms with E-state index in [1.165, 1.54) is 0 Å². The zero-order chi connectivity index (χ0) is 19.5. The smallest absolute Gasteiger partial charge is 0.355 e. The van der Waals surface area contributed by atoms with Crippen LogP contribution in [-0.4, -0.2) is 28.6 Å². The lowest BCUT2D eigenvalue weighted by molar-refractivity contribution is -0.119. The Morgan fingerprint density at radius 3 is 2.68 bits per heavy atom. The third kappa shape index (κ3) is 3.78. The fraction of sp³-hybridized carbons (Fsp3) is 0.0952. The van der Waals surface area contributed by atoms with Crippen LogP contribution >= 0.6 is 0 Å². The molecule has 0 radical (unpaired) electrons. The molecule has 7 heteroatoms. The molecule has 0 unspecified atom stereocenters. The van der Waals surface area contributed by atoms with Crippen LogP contribution in [0.25, 0.3) is 22.2 Å². The molecule has 4 rings (SSSR count). The summed E-state index contributed by atoms with van der Waals surface area (Å²) in [6.45, 7) is 1.56. The number of benzene rings is 2. The van der Waals surface area contributed by atoms with Crippen LogP contribution in [0.5, 0.6) is 0 Å². The van der Waals surface area contributed by atoms with E-state index in [-0.39, 0.29) is 11.6 Å². The second kappa shape index (κ2) is 7.40. The van der Waals surface area contributed by atoms with Gasteiger partial charge in [-0.15, -0.1) is 0 Å². The van der Waals surface area contributed by atoms with E-state index in [1.807, 2.05) is 55.5 Å². The number of carbonyl (C=O) groups is 2. The van der Waals surface area contributed by atoms with E-state index in [0.717, 1.165) is 22.0 Å². The number of esters is 1. The Bertz CT molecular complexity index is 1110. The number of rotatable bonds is 5. The molecule has 0 atom stereocenters. The van der Waals surface area contributed by atoms with Gasteiger partial charge in [0.25, 0.3) is 5.91 Å². The molecule has 140 valence electrons. The van der Waals surface area contributed by atoms with Gasteiger partial charge in [0.2, 0.25) is 5.88 Å². The summed E-state index contributed by atoms with van der Waals surface area (Å²) >= 11 is 0. The number of nitrogens with one attached hydrogen (secondary N) is 2. The molecule has 1 amide bonds. The van der Waals surface area contributed by atoms with Crippen molar-refractivity contribution in [2.24, 2.45) is 0 Å². The first-order chi connectivity index (χ1) is 13.6. The molecule has 0 spiro atoms. The van der Waals surface area contributed by atoms with Crippen molar-refractivity contribution in [3.63, 3.8) is 0 Å². The number of fused-ring (bicyclic) bond motifs is 1. The summed E-state index contributed by atoms with van der Waals surface area (Å²) < 4.78 is 10.2. The lowest BCUT2D eigenvalue weighted by Gasteiger charge is -2.02. The first kappa shape index (κ1) is 17.5. The number of hydrogen-bond donors (Lipinski definition) is 2. The summed E-state index contributed by atoms with van der Waals surface area (Å²) in [6, 6.07) is 18.5. The maximum atomic E-state index is 12.1. The van der Waals surface area contributed by atoms with Crippen LogP contribution < -0.4 is 5.32 Å². The summed E-state index contributed by atoms with van der Waals surface area (Å²) in [6.07, 6.45) is 0. The Hall–Kier alpha value is -3.87. The second-order valence-electron chi connectivity index (χ2n) is 6.34. The van der Waals surface area contributed by atoms with E-state index in [4.69, 9.17) is 9.26 Å². The lowest BCUT2D eigenvalue weighted by Crippen LogP contribution is -2.20. The number of aryl methyl sites for hydroxylation is 1. The highest BCUT2D eigenvalue weighted by molar-refractivity contribution is 5.97. The average molecular weight is 375 g/mol. The molecule has 0 saturated carbocycles. The van der Waals surface area contributed by atoms with Gasteiger partial charge in [0.05, 0.1) is 0 Å². The minimum absolute atomic E-state index is 0.183. The molecule has 0 fully saturated rings. The van der Waals surface area contributed by atoms with Gasteiger partial charge < -0.3 is 14.2 Å². The Balaban J connectivity index is 1.34. The Labute approximate surface area is 160 Å². The van der Waals surface area contributed by atoms with E-state index in [9.17, 15) is 9.59 Å². The fourth-order valence-electron chi connectivity index (χ4n) is 2.76. The number of aromatic amines is 1. The van der Waals surface area contributed by atoms with E-state index < -0.39 is 18.5 Å². The molecule has 0 aliphatic heterocycles.